The summed E-state index contributed by atoms with van der Waals surface area (Å²) in [6.45, 7) is 5.45. The predicted molar refractivity (Wildman–Crippen MR) is 114 cm³/mol. The van der Waals surface area contributed by atoms with Crippen molar-refractivity contribution in [3.05, 3.63) is 29.8 Å². The SMILES string of the molecule is CCCCCC(C)NC(=O)CCc1ccc(S(=O)(=O)N2CCCCCC2)cc1. The molecule has 1 heterocycles. The zero-order chi connectivity index (χ0) is 20.4. The van der Waals surface area contributed by atoms with Gasteiger partial charge in [0.25, 0.3) is 0 Å². The topological polar surface area (TPSA) is 66.5 Å². The van der Waals surface area contributed by atoms with Crippen LogP contribution in [0.15, 0.2) is 29.2 Å². The molecule has 0 aliphatic carbocycles. The lowest BCUT2D eigenvalue weighted by Gasteiger charge is -2.20. The Morgan fingerprint density at radius 2 is 1.71 bits per heavy atom. The smallest absolute Gasteiger partial charge is 0.243 e. The summed E-state index contributed by atoms with van der Waals surface area (Å²) in [6, 6.07) is 7.24. The summed E-state index contributed by atoms with van der Waals surface area (Å²) in [6.07, 6.45) is 9.67. The van der Waals surface area contributed by atoms with Crippen LogP contribution in [0, 0.1) is 0 Å². The molecule has 158 valence electrons. The molecule has 1 saturated heterocycles. The molecule has 1 aliphatic rings. The minimum atomic E-state index is -3.41. The van der Waals surface area contributed by atoms with E-state index in [1.54, 1.807) is 16.4 Å². The summed E-state index contributed by atoms with van der Waals surface area (Å²) >= 11 is 0. The Labute approximate surface area is 170 Å². The van der Waals surface area contributed by atoms with E-state index in [1.807, 2.05) is 12.1 Å². The van der Waals surface area contributed by atoms with Gasteiger partial charge in [-0.2, -0.15) is 4.31 Å². The lowest BCUT2D eigenvalue weighted by atomic mass is 10.1. The molecular formula is C22H36N2O3S. The number of rotatable bonds is 10. The van der Waals surface area contributed by atoms with Crippen LogP contribution in [0.25, 0.3) is 0 Å². The minimum Gasteiger partial charge on any atom is -0.354 e. The number of hydrogen-bond donors (Lipinski definition) is 1. The number of sulfonamides is 1. The van der Waals surface area contributed by atoms with E-state index in [2.05, 4.69) is 19.2 Å². The van der Waals surface area contributed by atoms with Gasteiger partial charge in [-0.05, 0) is 50.3 Å². The summed E-state index contributed by atoms with van der Waals surface area (Å²) < 4.78 is 27.2. The van der Waals surface area contributed by atoms with Crippen LogP contribution in [0.2, 0.25) is 0 Å². The molecule has 1 atom stereocenters. The highest BCUT2D eigenvalue weighted by Crippen LogP contribution is 2.21. The Morgan fingerprint density at radius 1 is 1.07 bits per heavy atom. The zero-order valence-electron chi connectivity index (χ0n) is 17.5. The van der Waals surface area contributed by atoms with E-state index in [-0.39, 0.29) is 11.9 Å². The first-order valence-corrected chi connectivity index (χ1v) is 12.3. The molecule has 1 aliphatic heterocycles. The molecule has 1 aromatic rings. The van der Waals surface area contributed by atoms with E-state index >= 15 is 0 Å². The van der Waals surface area contributed by atoms with E-state index in [0.29, 0.717) is 30.8 Å². The average Bonchev–Trinajstić information content (AvgIpc) is 2.97. The molecular weight excluding hydrogens is 372 g/mol. The van der Waals surface area contributed by atoms with E-state index in [0.717, 1.165) is 44.1 Å². The van der Waals surface area contributed by atoms with Crippen LogP contribution in [0.4, 0.5) is 0 Å². The standard InChI is InChI=1S/C22H36N2O3S/c1-3-4-7-10-19(2)23-22(25)16-13-20-11-14-21(15-12-20)28(26,27)24-17-8-5-6-9-18-24/h11-12,14-15,19H,3-10,13,16-18H2,1-2H3,(H,23,25). The maximum Gasteiger partial charge on any atom is 0.243 e. The van der Waals surface area contributed by atoms with Gasteiger partial charge in [0.1, 0.15) is 0 Å². The highest BCUT2D eigenvalue weighted by molar-refractivity contribution is 7.89. The van der Waals surface area contributed by atoms with Crippen molar-refractivity contribution < 1.29 is 13.2 Å². The van der Waals surface area contributed by atoms with Crippen molar-refractivity contribution >= 4 is 15.9 Å². The Morgan fingerprint density at radius 3 is 2.32 bits per heavy atom. The monoisotopic (exact) mass is 408 g/mol. The number of hydrogen-bond acceptors (Lipinski definition) is 3. The molecule has 0 saturated carbocycles. The lowest BCUT2D eigenvalue weighted by Crippen LogP contribution is -2.32. The second kappa shape index (κ2) is 11.6. The second-order valence-corrected chi connectivity index (χ2v) is 9.86. The Kier molecular flexibility index (Phi) is 9.45. The third-order valence-corrected chi connectivity index (χ3v) is 7.33. The fraction of sp³-hybridized carbons (Fsp3) is 0.682. The molecule has 0 bridgehead atoms. The number of carbonyl (C=O) groups excluding carboxylic acids is 1. The van der Waals surface area contributed by atoms with Crippen molar-refractivity contribution in [2.45, 2.75) is 89.0 Å². The predicted octanol–water partition coefficient (Wildman–Crippen LogP) is 4.27. The Balaban J connectivity index is 1.84. The summed E-state index contributed by atoms with van der Waals surface area (Å²) in [4.78, 5) is 12.5. The first kappa shape index (κ1) is 22.9. The van der Waals surface area contributed by atoms with Gasteiger partial charge in [-0.15, -0.1) is 0 Å². The van der Waals surface area contributed by atoms with Gasteiger partial charge in [0.2, 0.25) is 15.9 Å². The number of unbranched alkanes of at least 4 members (excludes halogenated alkanes) is 2. The van der Waals surface area contributed by atoms with E-state index in [1.165, 1.54) is 12.8 Å². The molecule has 6 heteroatoms. The van der Waals surface area contributed by atoms with Crippen LogP contribution in [-0.2, 0) is 21.2 Å². The van der Waals surface area contributed by atoms with Crippen LogP contribution in [0.5, 0.6) is 0 Å². The van der Waals surface area contributed by atoms with Crippen molar-refractivity contribution in [1.82, 2.24) is 9.62 Å². The number of nitrogens with zero attached hydrogens (tertiary/aromatic N) is 1. The fourth-order valence-corrected chi connectivity index (χ4v) is 5.15. The number of carbonyl (C=O) groups is 1. The van der Waals surface area contributed by atoms with E-state index in [4.69, 9.17) is 0 Å². The number of amides is 1. The van der Waals surface area contributed by atoms with E-state index in [9.17, 15) is 13.2 Å². The minimum absolute atomic E-state index is 0.0604. The van der Waals surface area contributed by atoms with Crippen LogP contribution < -0.4 is 5.32 Å². The maximum absolute atomic E-state index is 12.8. The van der Waals surface area contributed by atoms with Gasteiger partial charge in [-0.1, -0.05) is 51.2 Å². The molecule has 2 rings (SSSR count). The quantitative estimate of drug-likeness (QED) is 0.588. The van der Waals surface area contributed by atoms with Crippen molar-refractivity contribution in [2.75, 3.05) is 13.1 Å². The fourth-order valence-electron chi connectivity index (χ4n) is 3.64. The Bertz CT molecular complexity index is 693. The summed E-state index contributed by atoms with van der Waals surface area (Å²) in [5.41, 5.74) is 0.989. The van der Waals surface area contributed by atoms with Gasteiger partial charge < -0.3 is 5.32 Å². The first-order chi connectivity index (χ1) is 13.4. The molecule has 1 unspecified atom stereocenters. The molecule has 5 nitrogen and oxygen atoms in total. The van der Waals surface area contributed by atoms with Crippen molar-refractivity contribution in [2.24, 2.45) is 0 Å². The highest BCUT2D eigenvalue weighted by Gasteiger charge is 2.24. The van der Waals surface area contributed by atoms with Gasteiger partial charge in [0.15, 0.2) is 0 Å². The first-order valence-electron chi connectivity index (χ1n) is 10.8. The Hall–Kier alpha value is -1.40. The normalized spacial score (nSPS) is 17.1. The lowest BCUT2D eigenvalue weighted by molar-refractivity contribution is -0.121. The number of benzene rings is 1. The molecule has 1 fully saturated rings. The third-order valence-electron chi connectivity index (χ3n) is 5.41. The molecule has 1 aromatic carbocycles. The molecule has 0 radical (unpaired) electrons. The van der Waals surface area contributed by atoms with Crippen LogP contribution >= 0.6 is 0 Å². The van der Waals surface area contributed by atoms with Gasteiger partial charge in [0.05, 0.1) is 4.90 Å². The second-order valence-electron chi connectivity index (χ2n) is 7.93. The van der Waals surface area contributed by atoms with Gasteiger partial charge in [-0.25, -0.2) is 8.42 Å². The van der Waals surface area contributed by atoms with Crippen LogP contribution in [0.1, 0.15) is 77.2 Å². The highest BCUT2D eigenvalue weighted by atomic mass is 32.2. The average molecular weight is 409 g/mol. The summed E-state index contributed by atoms with van der Waals surface area (Å²) in [5.74, 6) is 0.0604. The van der Waals surface area contributed by atoms with Gasteiger partial charge in [0, 0.05) is 25.6 Å². The summed E-state index contributed by atoms with van der Waals surface area (Å²) in [5, 5.41) is 3.05. The van der Waals surface area contributed by atoms with Crippen LogP contribution in [-0.4, -0.2) is 37.8 Å². The van der Waals surface area contributed by atoms with E-state index < -0.39 is 10.0 Å². The zero-order valence-corrected chi connectivity index (χ0v) is 18.3. The molecule has 1 amide bonds. The number of aryl methyl sites for hydroxylation is 1. The maximum atomic E-state index is 12.8. The van der Waals surface area contributed by atoms with Crippen molar-refractivity contribution in [3.63, 3.8) is 0 Å². The van der Waals surface area contributed by atoms with Crippen molar-refractivity contribution in [3.8, 4) is 0 Å². The molecule has 1 N–H and O–H groups in total. The third kappa shape index (κ3) is 7.21. The summed E-state index contributed by atoms with van der Waals surface area (Å²) in [7, 11) is -3.41. The van der Waals surface area contributed by atoms with Gasteiger partial charge in [-0.3, -0.25) is 4.79 Å². The molecule has 0 aromatic heterocycles. The molecule has 0 spiro atoms. The van der Waals surface area contributed by atoms with Gasteiger partial charge >= 0.3 is 0 Å². The van der Waals surface area contributed by atoms with Crippen LogP contribution in [0.3, 0.4) is 0 Å². The number of nitrogens with one attached hydrogen (secondary N) is 1. The molecule has 28 heavy (non-hydrogen) atoms. The largest absolute Gasteiger partial charge is 0.354 e. The van der Waals surface area contributed by atoms with Crippen molar-refractivity contribution in [1.29, 1.82) is 0 Å².